The number of nitrogens with one attached hydrogen (secondary N) is 1. The van der Waals surface area contributed by atoms with Crippen LogP contribution in [0.2, 0.25) is 4.34 Å². The summed E-state index contributed by atoms with van der Waals surface area (Å²) < 4.78 is 1.94. The molecule has 1 atom stereocenters. The molecule has 1 nitrogen and oxygen atoms in total. The molecule has 96 valence electrons. The molecule has 0 aliphatic carbocycles. The highest BCUT2D eigenvalue weighted by atomic mass is 79.9. The Morgan fingerprint density at radius 2 is 2.17 bits per heavy atom. The van der Waals surface area contributed by atoms with Crippen LogP contribution in [0.4, 0.5) is 0 Å². The molecule has 0 saturated heterocycles. The van der Waals surface area contributed by atoms with E-state index in [9.17, 15) is 0 Å². The second-order valence-electron chi connectivity index (χ2n) is 4.08. The Morgan fingerprint density at radius 1 is 1.33 bits per heavy atom. The average molecular weight is 345 g/mol. The first-order chi connectivity index (χ1) is 8.70. The Bertz CT molecular complexity index is 512. The van der Waals surface area contributed by atoms with E-state index >= 15 is 0 Å². The van der Waals surface area contributed by atoms with Gasteiger partial charge in [-0.2, -0.15) is 0 Å². The molecule has 0 amide bonds. The van der Waals surface area contributed by atoms with Crippen molar-refractivity contribution in [2.45, 2.75) is 19.4 Å². The highest BCUT2D eigenvalue weighted by Gasteiger charge is 2.15. The lowest BCUT2D eigenvalue weighted by Gasteiger charge is -2.18. The van der Waals surface area contributed by atoms with Gasteiger partial charge in [-0.25, -0.2) is 0 Å². The van der Waals surface area contributed by atoms with Gasteiger partial charge in [-0.1, -0.05) is 46.6 Å². The van der Waals surface area contributed by atoms with Crippen LogP contribution in [0.3, 0.4) is 0 Å². The van der Waals surface area contributed by atoms with Gasteiger partial charge in [0.25, 0.3) is 0 Å². The molecule has 1 heterocycles. The summed E-state index contributed by atoms with van der Waals surface area (Å²) in [5.41, 5.74) is 1.26. The molecule has 2 aromatic rings. The predicted octanol–water partition coefficient (Wildman–Crippen LogP) is 5.25. The second-order valence-corrected chi connectivity index (χ2v) is 6.75. The fraction of sp³-hybridized carbons (Fsp3) is 0.286. The van der Waals surface area contributed by atoms with Crippen molar-refractivity contribution < 1.29 is 0 Å². The van der Waals surface area contributed by atoms with Gasteiger partial charge in [0.1, 0.15) is 0 Å². The van der Waals surface area contributed by atoms with E-state index in [0.717, 1.165) is 21.8 Å². The molecule has 0 saturated carbocycles. The first-order valence-corrected chi connectivity index (χ1v) is 7.93. The summed E-state index contributed by atoms with van der Waals surface area (Å²) in [6, 6.07) is 12.7. The van der Waals surface area contributed by atoms with E-state index in [1.165, 1.54) is 10.4 Å². The molecule has 1 unspecified atom stereocenters. The summed E-state index contributed by atoms with van der Waals surface area (Å²) >= 11 is 11.2. The monoisotopic (exact) mass is 343 g/mol. The largest absolute Gasteiger partial charge is 0.306 e. The highest BCUT2D eigenvalue weighted by molar-refractivity contribution is 9.10. The van der Waals surface area contributed by atoms with Crippen LogP contribution in [0, 0.1) is 0 Å². The third kappa shape index (κ3) is 3.58. The normalized spacial score (nSPS) is 12.6. The molecule has 1 aromatic heterocycles. The molecular weight excluding hydrogens is 330 g/mol. The summed E-state index contributed by atoms with van der Waals surface area (Å²) in [6.45, 7) is 3.17. The Hall–Kier alpha value is -0.350. The Morgan fingerprint density at radius 3 is 2.78 bits per heavy atom. The van der Waals surface area contributed by atoms with E-state index in [1.54, 1.807) is 11.3 Å². The lowest BCUT2D eigenvalue weighted by molar-refractivity contribution is 0.605. The maximum absolute atomic E-state index is 6.04. The van der Waals surface area contributed by atoms with Crippen LogP contribution in [-0.4, -0.2) is 6.54 Å². The van der Waals surface area contributed by atoms with Gasteiger partial charge in [0.05, 0.1) is 10.4 Å². The van der Waals surface area contributed by atoms with Gasteiger partial charge in [-0.05, 0) is 42.8 Å². The number of halogens is 2. The van der Waals surface area contributed by atoms with Gasteiger partial charge in [-0.3, -0.25) is 0 Å². The summed E-state index contributed by atoms with van der Waals surface area (Å²) in [7, 11) is 0. The van der Waals surface area contributed by atoms with E-state index in [4.69, 9.17) is 11.6 Å². The lowest BCUT2D eigenvalue weighted by atomic mass is 10.1. The van der Waals surface area contributed by atoms with E-state index < -0.39 is 0 Å². The minimum atomic E-state index is 0.222. The minimum Gasteiger partial charge on any atom is -0.306 e. The quantitative estimate of drug-likeness (QED) is 0.781. The number of rotatable bonds is 5. The summed E-state index contributed by atoms with van der Waals surface area (Å²) in [5.74, 6) is 0. The fourth-order valence-electron chi connectivity index (χ4n) is 1.84. The van der Waals surface area contributed by atoms with Crippen LogP contribution in [0.5, 0.6) is 0 Å². The standard InChI is InChI=1S/C14H15BrClNS/c1-2-8-17-14(12-6-7-13(16)18-12)10-4-3-5-11(15)9-10/h3-7,9,14,17H,2,8H2,1H3. The van der Waals surface area contributed by atoms with Gasteiger partial charge in [0, 0.05) is 9.35 Å². The summed E-state index contributed by atoms with van der Waals surface area (Å²) in [5, 5.41) is 3.57. The molecule has 0 radical (unpaired) electrons. The van der Waals surface area contributed by atoms with Crippen molar-refractivity contribution in [2.75, 3.05) is 6.54 Å². The van der Waals surface area contributed by atoms with Crippen LogP contribution in [-0.2, 0) is 0 Å². The van der Waals surface area contributed by atoms with Crippen LogP contribution < -0.4 is 5.32 Å². The van der Waals surface area contributed by atoms with Crippen molar-refractivity contribution in [1.29, 1.82) is 0 Å². The van der Waals surface area contributed by atoms with Crippen molar-refractivity contribution in [3.05, 3.63) is 55.6 Å². The third-order valence-corrected chi connectivity index (χ3v) is 4.45. The highest BCUT2D eigenvalue weighted by Crippen LogP contribution is 2.31. The molecular formula is C14H15BrClNS. The predicted molar refractivity (Wildman–Crippen MR) is 83.6 cm³/mol. The molecule has 0 spiro atoms. The van der Waals surface area contributed by atoms with Crippen molar-refractivity contribution >= 4 is 38.9 Å². The molecule has 0 fully saturated rings. The molecule has 1 N–H and O–H groups in total. The van der Waals surface area contributed by atoms with Gasteiger partial charge < -0.3 is 5.32 Å². The molecule has 0 aliphatic rings. The number of hydrogen-bond donors (Lipinski definition) is 1. The van der Waals surface area contributed by atoms with Gasteiger partial charge in [0.15, 0.2) is 0 Å². The van der Waals surface area contributed by atoms with Gasteiger partial charge >= 0.3 is 0 Å². The number of benzene rings is 1. The van der Waals surface area contributed by atoms with E-state index in [-0.39, 0.29) is 6.04 Å². The zero-order chi connectivity index (χ0) is 13.0. The zero-order valence-corrected chi connectivity index (χ0v) is 13.3. The SMILES string of the molecule is CCCNC(c1cccc(Br)c1)c1ccc(Cl)s1. The van der Waals surface area contributed by atoms with E-state index in [0.29, 0.717) is 0 Å². The number of hydrogen-bond acceptors (Lipinski definition) is 2. The molecule has 4 heteroatoms. The first kappa shape index (κ1) is 14.1. The molecule has 2 rings (SSSR count). The Balaban J connectivity index is 2.30. The molecule has 18 heavy (non-hydrogen) atoms. The van der Waals surface area contributed by atoms with Gasteiger partial charge in [-0.15, -0.1) is 11.3 Å². The molecule has 0 bridgehead atoms. The van der Waals surface area contributed by atoms with Crippen LogP contribution in [0.15, 0.2) is 40.9 Å². The summed E-state index contributed by atoms with van der Waals surface area (Å²) in [6.07, 6.45) is 1.11. The van der Waals surface area contributed by atoms with E-state index in [1.807, 2.05) is 12.1 Å². The van der Waals surface area contributed by atoms with Crippen LogP contribution in [0.1, 0.15) is 29.8 Å². The lowest BCUT2D eigenvalue weighted by Crippen LogP contribution is -2.22. The molecule has 0 aliphatic heterocycles. The molecule has 1 aromatic carbocycles. The third-order valence-electron chi connectivity index (χ3n) is 2.66. The van der Waals surface area contributed by atoms with Gasteiger partial charge in [0.2, 0.25) is 0 Å². The van der Waals surface area contributed by atoms with Crippen molar-refractivity contribution in [3.63, 3.8) is 0 Å². The first-order valence-electron chi connectivity index (χ1n) is 5.94. The fourth-order valence-corrected chi connectivity index (χ4v) is 3.42. The zero-order valence-electron chi connectivity index (χ0n) is 10.1. The second kappa shape index (κ2) is 6.71. The summed E-state index contributed by atoms with van der Waals surface area (Å²) in [4.78, 5) is 1.26. The van der Waals surface area contributed by atoms with Crippen molar-refractivity contribution in [1.82, 2.24) is 5.32 Å². The smallest absolute Gasteiger partial charge is 0.0931 e. The minimum absolute atomic E-state index is 0.222. The maximum Gasteiger partial charge on any atom is 0.0931 e. The van der Waals surface area contributed by atoms with E-state index in [2.05, 4.69) is 52.4 Å². The maximum atomic E-state index is 6.04. The average Bonchev–Trinajstić information content (AvgIpc) is 2.76. The Kier molecular flexibility index (Phi) is 5.25. The number of thiophene rings is 1. The Labute approximate surface area is 125 Å². The van der Waals surface area contributed by atoms with Crippen LogP contribution in [0.25, 0.3) is 0 Å². The van der Waals surface area contributed by atoms with Crippen molar-refractivity contribution in [2.24, 2.45) is 0 Å². The topological polar surface area (TPSA) is 12.0 Å². The van der Waals surface area contributed by atoms with Crippen LogP contribution >= 0.6 is 38.9 Å². The van der Waals surface area contributed by atoms with Crippen molar-refractivity contribution in [3.8, 4) is 0 Å².